The first-order chi connectivity index (χ1) is 3.27. The van der Waals surface area contributed by atoms with Crippen LogP contribution in [0, 0.1) is 5.92 Å². The van der Waals surface area contributed by atoms with Crippen LogP contribution in [0.5, 0.6) is 0 Å². The van der Waals surface area contributed by atoms with E-state index in [9.17, 15) is 0 Å². The molecule has 0 spiro atoms. The van der Waals surface area contributed by atoms with Crippen LogP contribution in [0.15, 0.2) is 0 Å². The molecule has 0 aliphatic rings. The highest BCUT2D eigenvalue weighted by atomic mass is 16.6. The van der Waals surface area contributed by atoms with Gasteiger partial charge in [0.1, 0.15) is 0 Å². The van der Waals surface area contributed by atoms with Gasteiger partial charge in [-0.1, -0.05) is 13.8 Å². The van der Waals surface area contributed by atoms with E-state index in [1.165, 1.54) is 0 Å². The van der Waals surface area contributed by atoms with E-state index >= 15 is 0 Å². The molecule has 0 aliphatic carbocycles. The summed E-state index contributed by atoms with van der Waals surface area (Å²) in [6, 6.07) is 0. The summed E-state index contributed by atoms with van der Waals surface area (Å²) >= 11 is 0. The zero-order valence-electron chi connectivity index (χ0n) is 5.19. The van der Waals surface area contributed by atoms with Crippen LogP contribution in [0.1, 0.15) is 13.8 Å². The van der Waals surface area contributed by atoms with E-state index < -0.39 is 0 Å². The molecule has 0 saturated carbocycles. The van der Waals surface area contributed by atoms with Gasteiger partial charge in [0, 0.05) is 6.54 Å². The maximum Gasteiger partial charge on any atom is 0.0572 e. The number of rotatable bonds is 3. The van der Waals surface area contributed by atoms with E-state index in [4.69, 9.17) is 0 Å². The van der Waals surface area contributed by atoms with E-state index in [2.05, 4.69) is 24.2 Å². The standard InChI is InChI=1S/C5H13NO/c1-5(2)4-6-7-3/h5-6H,4H2,1-3H3. The molecule has 0 aromatic heterocycles. The third kappa shape index (κ3) is 5.92. The Morgan fingerprint density at radius 1 is 1.57 bits per heavy atom. The Kier molecular flexibility index (Phi) is 4.04. The fraction of sp³-hybridized carbons (Fsp3) is 1.00. The van der Waals surface area contributed by atoms with Crippen molar-refractivity contribution in [3.8, 4) is 0 Å². The lowest BCUT2D eigenvalue weighted by molar-refractivity contribution is 0.0835. The second-order valence-electron chi connectivity index (χ2n) is 1.95. The molecule has 0 aliphatic heterocycles. The van der Waals surface area contributed by atoms with Crippen LogP contribution < -0.4 is 5.48 Å². The maximum absolute atomic E-state index is 4.60. The summed E-state index contributed by atoms with van der Waals surface area (Å²) in [5.74, 6) is 0.667. The zero-order valence-corrected chi connectivity index (χ0v) is 5.19. The molecule has 0 atom stereocenters. The van der Waals surface area contributed by atoms with Crippen LogP contribution in [0.3, 0.4) is 0 Å². The van der Waals surface area contributed by atoms with Gasteiger partial charge in [-0.15, -0.1) is 0 Å². The minimum absolute atomic E-state index is 0.667. The molecule has 0 aromatic rings. The van der Waals surface area contributed by atoms with Gasteiger partial charge in [-0.3, -0.25) is 0 Å². The van der Waals surface area contributed by atoms with Gasteiger partial charge in [-0.05, 0) is 5.92 Å². The predicted molar refractivity (Wildman–Crippen MR) is 29.8 cm³/mol. The van der Waals surface area contributed by atoms with Gasteiger partial charge in [-0.2, -0.15) is 0 Å². The molecule has 0 unspecified atom stereocenters. The fourth-order valence-corrected chi connectivity index (χ4v) is 0.250. The number of hydrogen-bond acceptors (Lipinski definition) is 2. The molecule has 0 fully saturated rings. The maximum atomic E-state index is 4.60. The molecule has 1 N–H and O–H groups in total. The Morgan fingerprint density at radius 2 is 2.14 bits per heavy atom. The summed E-state index contributed by atoms with van der Waals surface area (Å²) in [4.78, 5) is 4.60. The van der Waals surface area contributed by atoms with E-state index in [1.54, 1.807) is 7.11 Å². The Bertz CT molecular complexity index is 37.1. The van der Waals surface area contributed by atoms with Crippen LogP contribution in [0.25, 0.3) is 0 Å². The minimum atomic E-state index is 0.667. The molecule has 0 aromatic carbocycles. The average molecular weight is 103 g/mol. The Morgan fingerprint density at radius 3 is 2.29 bits per heavy atom. The molecule has 2 nitrogen and oxygen atoms in total. The average Bonchev–Trinajstić information content (AvgIpc) is 1.61. The van der Waals surface area contributed by atoms with Crippen molar-refractivity contribution in [2.24, 2.45) is 5.92 Å². The van der Waals surface area contributed by atoms with Crippen molar-refractivity contribution in [2.45, 2.75) is 13.8 Å². The molecule has 2 heteroatoms. The Hall–Kier alpha value is -0.0800. The first-order valence-electron chi connectivity index (χ1n) is 2.53. The molecule has 0 radical (unpaired) electrons. The highest BCUT2D eigenvalue weighted by Gasteiger charge is 1.87. The van der Waals surface area contributed by atoms with Crippen LogP contribution in [0.2, 0.25) is 0 Å². The van der Waals surface area contributed by atoms with Gasteiger partial charge in [0.05, 0.1) is 7.11 Å². The van der Waals surface area contributed by atoms with Gasteiger partial charge < -0.3 is 4.84 Å². The predicted octanol–water partition coefficient (Wildman–Crippen LogP) is 0.793. The third-order valence-corrected chi connectivity index (χ3v) is 0.636. The number of hydrogen-bond donors (Lipinski definition) is 1. The van der Waals surface area contributed by atoms with Gasteiger partial charge in [-0.25, -0.2) is 5.48 Å². The molecular weight excluding hydrogens is 90.1 g/mol. The first kappa shape index (κ1) is 6.92. The molecule has 0 saturated heterocycles. The molecule has 0 amide bonds. The van der Waals surface area contributed by atoms with E-state index in [0.717, 1.165) is 6.54 Å². The summed E-state index contributed by atoms with van der Waals surface area (Å²) in [5, 5.41) is 0. The number of nitrogens with one attached hydrogen (secondary N) is 1. The van der Waals surface area contributed by atoms with Crippen molar-refractivity contribution in [3.05, 3.63) is 0 Å². The van der Waals surface area contributed by atoms with Crippen LogP contribution in [-0.2, 0) is 4.84 Å². The lowest BCUT2D eigenvalue weighted by Crippen LogP contribution is -2.17. The van der Waals surface area contributed by atoms with Crippen molar-refractivity contribution in [2.75, 3.05) is 13.7 Å². The lowest BCUT2D eigenvalue weighted by atomic mass is 10.2. The van der Waals surface area contributed by atoms with E-state index in [1.807, 2.05) is 0 Å². The van der Waals surface area contributed by atoms with Crippen LogP contribution in [0.4, 0.5) is 0 Å². The lowest BCUT2D eigenvalue weighted by Gasteiger charge is -2.02. The summed E-state index contributed by atoms with van der Waals surface area (Å²) in [6.45, 7) is 5.19. The smallest absolute Gasteiger partial charge is 0.0572 e. The van der Waals surface area contributed by atoms with Gasteiger partial charge >= 0.3 is 0 Å². The van der Waals surface area contributed by atoms with Crippen molar-refractivity contribution in [3.63, 3.8) is 0 Å². The highest BCUT2D eigenvalue weighted by Crippen LogP contribution is 1.84. The van der Waals surface area contributed by atoms with Crippen LogP contribution in [-0.4, -0.2) is 13.7 Å². The highest BCUT2D eigenvalue weighted by molar-refractivity contribution is 4.40. The second-order valence-corrected chi connectivity index (χ2v) is 1.95. The topological polar surface area (TPSA) is 21.3 Å². The van der Waals surface area contributed by atoms with Crippen molar-refractivity contribution >= 4 is 0 Å². The molecular formula is C5H13NO. The van der Waals surface area contributed by atoms with E-state index in [0.29, 0.717) is 5.92 Å². The second kappa shape index (κ2) is 4.09. The first-order valence-corrected chi connectivity index (χ1v) is 2.53. The normalized spacial score (nSPS) is 10.3. The number of hydroxylamine groups is 1. The van der Waals surface area contributed by atoms with Gasteiger partial charge in [0.25, 0.3) is 0 Å². The molecule has 0 rings (SSSR count). The Labute approximate surface area is 44.8 Å². The molecule has 7 heavy (non-hydrogen) atoms. The minimum Gasteiger partial charge on any atom is -0.305 e. The van der Waals surface area contributed by atoms with Gasteiger partial charge in [0.2, 0.25) is 0 Å². The largest absolute Gasteiger partial charge is 0.305 e. The summed E-state index contributed by atoms with van der Waals surface area (Å²) in [6.07, 6.45) is 0. The fourth-order valence-electron chi connectivity index (χ4n) is 0.250. The van der Waals surface area contributed by atoms with Crippen LogP contribution >= 0.6 is 0 Å². The SMILES string of the molecule is CONCC(C)C. The summed E-state index contributed by atoms with van der Waals surface area (Å²) < 4.78 is 0. The zero-order chi connectivity index (χ0) is 5.70. The summed E-state index contributed by atoms with van der Waals surface area (Å²) in [5.41, 5.74) is 2.75. The third-order valence-electron chi connectivity index (χ3n) is 0.636. The van der Waals surface area contributed by atoms with E-state index in [-0.39, 0.29) is 0 Å². The van der Waals surface area contributed by atoms with Crippen molar-refractivity contribution < 1.29 is 4.84 Å². The molecule has 44 valence electrons. The van der Waals surface area contributed by atoms with Gasteiger partial charge in [0.15, 0.2) is 0 Å². The quantitative estimate of drug-likeness (QED) is 0.533. The molecule has 0 bridgehead atoms. The van der Waals surface area contributed by atoms with Crippen molar-refractivity contribution in [1.82, 2.24) is 5.48 Å². The monoisotopic (exact) mass is 103 g/mol. The van der Waals surface area contributed by atoms with Crippen molar-refractivity contribution in [1.29, 1.82) is 0 Å². The Balaban J connectivity index is 2.68. The molecule has 0 heterocycles. The summed E-state index contributed by atoms with van der Waals surface area (Å²) in [7, 11) is 1.63.